The van der Waals surface area contributed by atoms with Crippen molar-refractivity contribution in [2.75, 3.05) is 38.3 Å². The Hall–Kier alpha value is -2.58. The van der Waals surface area contributed by atoms with Crippen molar-refractivity contribution >= 4 is 16.9 Å². The fourth-order valence-electron chi connectivity index (χ4n) is 3.24. The first kappa shape index (κ1) is 16.9. The van der Waals surface area contributed by atoms with Crippen LogP contribution in [0, 0.1) is 6.92 Å². The topological polar surface area (TPSA) is 78.2 Å². The summed E-state index contributed by atoms with van der Waals surface area (Å²) >= 11 is 0. The number of likely N-dealkylation sites (N-methyl/N-ethyl adjacent to an activating group) is 1. The third-order valence-corrected chi connectivity index (χ3v) is 4.46. The smallest absolute Gasteiger partial charge is 0.182 e. The predicted octanol–water partition coefficient (Wildman–Crippen LogP) is 1.59. The van der Waals surface area contributed by atoms with E-state index in [1.807, 2.05) is 39.2 Å². The summed E-state index contributed by atoms with van der Waals surface area (Å²) in [7, 11) is 3.90. The lowest BCUT2D eigenvalue weighted by Crippen LogP contribution is -2.38. The summed E-state index contributed by atoms with van der Waals surface area (Å²) in [6, 6.07) is 5.72. The molecule has 8 heteroatoms. The number of hydrogen-bond acceptors (Lipinski definition) is 7. The van der Waals surface area contributed by atoms with Crippen molar-refractivity contribution in [2.24, 2.45) is 7.05 Å². The van der Waals surface area contributed by atoms with Gasteiger partial charge in [0, 0.05) is 26.8 Å². The van der Waals surface area contributed by atoms with Crippen LogP contribution >= 0.6 is 0 Å². The fraction of sp³-hybridized carbons (Fsp3) is 0.444. The highest BCUT2D eigenvalue weighted by Gasteiger charge is 2.22. The van der Waals surface area contributed by atoms with Gasteiger partial charge in [0.05, 0.1) is 37.0 Å². The minimum Gasteiger partial charge on any atom is -0.376 e. The summed E-state index contributed by atoms with van der Waals surface area (Å²) in [6.45, 7) is 4.54. The van der Waals surface area contributed by atoms with Gasteiger partial charge in [0.1, 0.15) is 11.5 Å². The monoisotopic (exact) mass is 354 g/mol. The Morgan fingerprint density at radius 2 is 2.15 bits per heavy atom. The normalized spacial score (nSPS) is 17.6. The summed E-state index contributed by atoms with van der Waals surface area (Å²) in [4.78, 5) is 16.0. The molecule has 8 nitrogen and oxygen atoms in total. The molecule has 3 aromatic rings. The molecule has 1 saturated heterocycles. The van der Waals surface area contributed by atoms with Crippen LogP contribution in [0.1, 0.15) is 5.69 Å². The van der Waals surface area contributed by atoms with Gasteiger partial charge in [0.2, 0.25) is 0 Å². The second kappa shape index (κ2) is 6.97. The van der Waals surface area contributed by atoms with Crippen molar-refractivity contribution in [3.05, 3.63) is 30.1 Å². The van der Waals surface area contributed by atoms with Crippen molar-refractivity contribution in [3.8, 4) is 11.5 Å². The number of anilines is 1. The zero-order chi connectivity index (χ0) is 18.1. The van der Waals surface area contributed by atoms with Gasteiger partial charge in [-0.1, -0.05) is 6.07 Å². The summed E-state index contributed by atoms with van der Waals surface area (Å²) in [5.41, 5.74) is 2.43. The Morgan fingerprint density at radius 1 is 1.27 bits per heavy atom. The first-order chi connectivity index (χ1) is 12.6. The molecule has 1 fully saturated rings. The van der Waals surface area contributed by atoms with Gasteiger partial charge < -0.3 is 14.4 Å². The van der Waals surface area contributed by atoms with E-state index in [4.69, 9.17) is 19.4 Å². The summed E-state index contributed by atoms with van der Waals surface area (Å²) in [5, 5.41) is 5.48. The molecule has 0 saturated carbocycles. The number of hydrogen-bond donors (Lipinski definition) is 0. The summed E-state index contributed by atoms with van der Waals surface area (Å²) in [5.74, 6) is 1.42. The number of nitrogens with zero attached hydrogens (tertiary/aromatic N) is 6. The summed E-state index contributed by atoms with van der Waals surface area (Å²) in [6.07, 6.45) is 1.77. The zero-order valence-electron chi connectivity index (χ0n) is 15.2. The van der Waals surface area contributed by atoms with Gasteiger partial charge in [-0.05, 0) is 19.1 Å². The highest BCUT2D eigenvalue weighted by molar-refractivity contribution is 5.91. The average Bonchev–Trinajstić information content (AvgIpc) is 2.96. The van der Waals surface area contributed by atoms with Crippen molar-refractivity contribution in [1.29, 1.82) is 0 Å². The van der Waals surface area contributed by atoms with Crippen LogP contribution in [-0.2, 0) is 16.5 Å². The van der Waals surface area contributed by atoms with Crippen molar-refractivity contribution in [3.63, 3.8) is 0 Å². The molecule has 0 spiro atoms. The first-order valence-corrected chi connectivity index (χ1v) is 8.66. The minimum atomic E-state index is 0.0223. The largest absolute Gasteiger partial charge is 0.376 e. The van der Waals surface area contributed by atoms with Gasteiger partial charge in [-0.3, -0.25) is 9.67 Å². The van der Waals surface area contributed by atoms with Gasteiger partial charge in [-0.2, -0.15) is 5.10 Å². The molecule has 0 aliphatic carbocycles. The van der Waals surface area contributed by atoms with Gasteiger partial charge >= 0.3 is 0 Å². The molecule has 1 aliphatic rings. The number of ether oxygens (including phenoxy) is 2. The lowest BCUT2D eigenvalue weighted by Gasteiger charge is -2.28. The quantitative estimate of drug-likeness (QED) is 0.704. The Kier molecular flexibility index (Phi) is 4.52. The van der Waals surface area contributed by atoms with E-state index < -0.39 is 0 Å². The van der Waals surface area contributed by atoms with Crippen LogP contribution in [0.4, 0.5) is 5.82 Å². The lowest BCUT2D eigenvalue weighted by molar-refractivity contribution is -0.0837. The van der Waals surface area contributed by atoms with E-state index >= 15 is 0 Å². The van der Waals surface area contributed by atoms with Gasteiger partial charge in [-0.25, -0.2) is 9.97 Å². The Bertz CT molecular complexity index is 905. The van der Waals surface area contributed by atoms with Gasteiger partial charge in [0.25, 0.3) is 0 Å². The molecule has 136 valence electrons. The fourth-order valence-corrected chi connectivity index (χ4v) is 3.24. The standard InChI is InChI=1S/C18H22N6O2/c1-12-15-17(23(2)10-13-11-25-8-9-26-13)20-16(14-6-4-5-7-19-14)21-18(15)24(3)22-12/h4-7,13H,8-11H2,1-3H3/t13-/m0/s1. The third kappa shape index (κ3) is 3.13. The van der Waals surface area contributed by atoms with Crippen LogP contribution in [0.2, 0.25) is 0 Å². The molecule has 0 amide bonds. The maximum atomic E-state index is 5.79. The first-order valence-electron chi connectivity index (χ1n) is 8.66. The lowest BCUT2D eigenvalue weighted by atomic mass is 10.2. The number of aromatic nitrogens is 5. The predicted molar refractivity (Wildman–Crippen MR) is 98.1 cm³/mol. The molecular weight excluding hydrogens is 332 g/mol. The molecule has 0 unspecified atom stereocenters. The van der Waals surface area contributed by atoms with Crippen molar-refractivity contribution in [1.82, 2.24) is 24.7 Å². The van der Waals surface area contributed by atoms with E-state index in [2.05, 4.69) is 15.0 Å². The Labute approximate surface area is 151 Å². The third-order valence-electron chi connectivity index (χ3n) is 4.46. The van der Waals surface area contributed by atoms with Gasteiger partial charge in [0.15, 0.2) is 11.5 Å². The van der Waals surface area contributed by atoms with Crippen LogP contribution in [-0.4, -0.2) is 64.2 Å². The van der Waals surface area contributed by atoms with E-state index in [0.717, 1.165) is 28.2 Å². The Morgan fingerprint density at radius 3 is 2.88 bits per heavy atom. The Balaban J connectivity index is 1.78. The minimum absolute atomic E-state index is 0.0223. The molecule has 4 heterocycles. The molecular formula is C18H22N6O2. The number of aryl methyl sites for hydroxylation is 2. The van der Waals surface area contributed by atoms with Crippen LogP contribution in [0.25, 0.3) is 22.6 Å². The maximum Gasteiger partial charge on any atom is 0.182 e. The molecule has 1 aliphatic heterocycles. The van der Waals surface area contributed by atoms with E-state index in [-0.39, 0.29) is 6.10 Å². The van der Waals surface area contributed by atoms with Gasteiger partial charge in [-0.15, -0.1) is 0 Å². The zero-order valence-corrected chi connectivity index (χ0v) is 15.2. The number of pyridine rings is 1. The van der Waals surface area contributed by atoms with Crippen LogP contribution in [0.15, 0.2) is 24.4 Å². The average molecular weight is 354 g/mol. The molecule has 0 aromatic carbocycles. The second-order valence-corrected chi connectivity index (χ2v) is 6.44. The highest BCUT2D eigenvalue weighted by Crippen LogP contribution is 2.28. The molecule has 0 N–H and O–H groups in total. The van der Waals surface area contributed by atoms with Crippen molar-refractivity contribution in [2.45, 2.75) is 13.0 Å². The van der Waals surface area contributed by atoms with Crippen LogP contribution in [0.3, 0.4) is 0 Å². The molecule has 0 radical (unpaired) electrons. The van der Waals surface area contributed by atoms with E-state index in [9.17, 15) is 0 Å². The van der Waals surface area contributed by atoms with E-state index in [0.29, 0.717) is 32.2 Å². The number of rotatable bonds is 4. The molecule has 4 rings (SSSR count). The van der Waals surface area contributed by atoms with Crippen LogP contribution < -0.4 is 4.90 Å². The molecule has 1 atom stereocenters. The second-order valence-electron chi connectivity index (χ2n) is 6.44. The number of fused-ring (bicyclic) bond motifs is 1. The van der Waals surface area contributed by atoms with Crippen LogP contribution in [0.5, 0.6) is 0 Å². The SMILES string of the molecule is Cc1nn(C)c2nc(-c3ccccn3)nc(N(C)C[C@H]3COCCO3)c12. The molecule has 26 heavy (non-hydrogen) atoms. The summed E-state index contributed by atoms with van der Waals surface area (Å²) < 4.78 is 13.1. The molecule has 0 bridgehead atoms. The van der Waals surface area contributed by atoms with E-state index in [1.54, 1.807) is 10.9 Å². The highest BCUT2D eigenvalue weighted by atomic mass is 16.6. The van der Waals surface area contributed by atoms with E-state index in [1.165, 1.54) is 0 Å². The molecule has 3 aromatic heterocycles. The van der Waals surface area contributed by atoms with Crippen molar-refractivity contribution < 1.29 is 9.47 Å². The maximum absolute atomic E-state index is 5.79.